The van der Waals surface area contributed by atoms with Crippen molar-refractivity contribution in [2.24, 2.45) is 0 Å². The van der Waals surface area contributed by atoms with Crippen molar-refractivity contribution < 1.29 is 14.0 Å². The van der Waals surface area contributed by atoms with E-state index in [1.54, 1.807) is 35.4 Å². The number of rotatable bonds is 5. The van der Waals surface area contributed by atoms with Gasteiger partial charge in [-0.2, -0.15) is 0 Å². The number of carbonyl (C=O) groups excluding carboxylic acids is 2. The van der Waals surface area contributed by atoms with Crippen molar-refractivity contribution in [2.75, 3.05) is 12.3 Å². The maximum absolute atomic E-state index is 12.1. The molecule has 0 radical (unpaired) electrons. The SMILES string of the molecule is O=C(CN1C(=O)CS[C@@H]1c1ccc(Cl)c(Cl)c1)NCc1ccco1. The molecule has 1 N–H and O–H groups in total. The summed E-state index contributed by atoms with van der Waals surface area (Å²) < 4.78 is 5.16. The quantitative estimate of drug-likeness (QED) is 0.856. The smallest absolute Gasteiger partial charge is 0.240 e. The maximum atomic E-state index is 12.1. The molecule has 1 atom stereocenters. The lowest BCUT2D eigenvalue weighted by molar-refractivity contribution is -0.133. The largest absolute Gasteiger partial charge is 0.467 e. The summed E-state index contributed by atoms with van der Waals surface area (Å²) in [5.74, 6) is 0.666. The van der Waals surface area contributed by atoms with Crippen LogP contribution in [0.4, 0.5) is 0 Å². The monoisotopic (exact) mass is 384 g/mol. The number of benzene rings is 1. The molecule has 3 rings (SSSR count). The van der Waals surface area contributed by atoms with Gasteiger partial charge in [-0.1, -0.05) is 29.3 Å². The lowest BCUT2D eigenvalue weighted by Gasteiger charge is -2.23. The fourth-order valence-corrected chi connectivity index (χ4v) is 3.86. The van der Waals surface area contributed by atoms with Gasteiger partial charge in [0.05, 0.1) is 28.6 Å². The van der Waals surface area contributed by atoms with Gasteiger partial charge in [-0.3, -0.25) is 9.59 Å². The summed E-state index contributed by atoms with van der Waals surface area (Å²) in [5.41, 5.74) is 0.846. The van der Waals surface area contributed by atoms with Crippen molar-refractivity contribution in [3.05, 3.63) is 58.0 Å². The first-order valence-electron chi connectivity index (χ1n) is 7.19. The average molecular weight is 385 g/mol. The van der Waals surface area contributed by atoms with Crippen LogP contribution in [0.2, 0.25) is 10.0 Å². The Morgan fingerprint density at radius 2 is 2.17 bits per heavy atom. The van der Waals surface area contributed by atoms with Gasteiger partial charge in [0, 0.05) is 0 Å². The second-order valence-corrected chi connectivity index (χ2v) is 7.10. The molecule has 1 saturated heterocycles. The van der Waals surface area contributed by atoms with Crippen LogP contribution in [0.1, 0.15) is 16.7 Å². The van der Waals surface area contributed by atoms with Crippen LogP contribution in [-0.4, -0.2) is 29.0 Å². The number of nitrogens with zero attached hydrogens (tertiary/aromatic N) is 1. The highest BCUT2D eigenvalue weighted by molar-refractivity contribution is 8.00. The van der Waals surface area contributed by atoms with E-state index in [0.29, 0.717) is 28.1 Å². The third-order valence-electron chi connectivity index (χ3n) is 3.55. The van der Waals surface area contributed by atoms with Gasteiger partial charge in [-0.25, -0.2) is 0 Å². The highest BCUT2D eigenvalue weighted by Crippen LogP contribution is 2.40. The highest BCUT2D eigenvalue weighted by Gasteiger charge is 2.34. The summed E-state index contributed by atoms with van der Waals surface area (Å²) in [7, 11) is 0. The molecule has 0 bridgehead atoms. The van der Waals surface area contributed by atoms with Crippen LogP contribution in [0, 0.1) is 0 Å². The van der Waals surface area contributed by atoms with Crippen LogP contribution in [0.3, 0.4) is 0 Å². The van der Waals surface area contributed by atoms with Crippen LogP contribution in [0.5, 0.6) is 0 Å². The van der Waals surface area contributed by atoms with E-state index in [1.165, 1.54) is 11.8 Å². The fourth-order valence-electron chi connectivity index (χ4n) is 2.38. The predicted molar refractivity (Wildman–Crippen MR) is 93.9 cm³/mol. The summed E-state index contributed by atoms with van der Waals surface area (Å²) >= 11 is 13.4. The zero-order chi connectivity index (χ0) is 17.1. The Kier molecular flexibility index (Phi) is 5.38. The van der Waals surface area contributed by atoms with E-state index in [0.717, 1.165) is 5.56 Å². The Bertz CT molecular complexity index is 752. The summed E-state index contributed by atoms with van der Waals surface area (Å²) in [4.78, 5) is 25.8. The Morgan fingerprint density at radius 1 is 1.33 bits per heavy atom. The van der Waals surface area contributed by atoms with Gasteiger partial charge in [0.15, 0.2) is 0 Å². The van der Waals surface area contributed by atoms with E-state index < -0.39 is 0 Å². The van der Waals surface area contributed by atoms with Crippen molar-refractivity contribution in [1.82, 2.24) is 10.2 Å². The average Bonchev–Trinajstić information content (AvgIpc) is 3.19. The van der Waals surface area contributed by atoms with Crippen molar-refractivity contribution in [2.45, 2.75) is 11.9 Å². The van der Waals surface area contributed by atoms with E-state index in [-0.39, 0.29) is 23.7 Å². The Balaban J connectivity index is 1.66. The zero-order valence-electron chi connectivity index (χ0n) is 12.5. The molecule has 1 fully saturated rings. The van der Waals surface area contributed by atoms with Crippen LogP contribution in [-0.2, 0) is 16.1 Å². The molecule has 126 valence electrons. The summed E-state index contributed by atoms with van der Waals surface area (Å²) in [6.45, 7) is 0.274. The van der Waals surface area contributed by atoms with E-state index in [2.05, 4.69) is 5.32 Å². The number of thioether (sulfide) groups is 1. The van der Waals surface area contributed by atoms with Crippen LogP contribution in [0.25, 0.3) is 0 Å². The normalized spacial score (nSPS) is 17.3. The van der Waals surface area contributed by atoms with Crippen LogP contribution in [0.15, 0.2) is 41.0 Å². The van der Waals surface area contributed by atoms with Crippen molar-refractivity contribution in [3.63, 3.8) is 0 Å². The molecule has 5 nitrogen and oxygen atoms in total. The molecule has 2 heterocycles. The molecule has 1 aliphatic heterocycles. The van der Waals surface area contributed by atoms with E-state index in [1.807, 2.05) is 6.07 Å². The summed E-state index contributed by atoms with van der Waals surface area (Å²) in [6.07, 6.45) is 1.54. The van der Waals surface area contributed by atoms with Gasteiger partial charge in [0.2, 0.25) is 11.8 Å². The first-order chi connectivity index (χ1) is 11.5. The van der Waals surface area contributed by atoms with Crippen LogP contribution < -0.4 is 5.32 Å². The zero-order valence-corrected chi connectivity index (χ0v) is 14.8. The molecular formula is C16H14Cl2N2O3S. The molecule has 0 unspecified atom stereocenters. The molecule has 0 spiro atoms. The van der Waals surface area contributed by atoms with Crippen molar-refractivity contribution >= 4 is 46.8 Å². The van der Waals surface area contributed by atoms with Gasteiger partial charge in [0.25, 0.3) is 0 Å². The van der Waals surface area contributed by atoms with Crippen molar-refractivity contribution in [1.29, 1.82) is 0 Å². The predicted octanol–water partition coefficient (Wildman–Crippen LogP) is 3.48. The summed E-state index contributed by atoms with van der Waals surface area (Å²) in [5, 5.41) is 3.38. The first-order valence-corrected chi connectivity index (χ1v) is 9.00. The maximum Gasteiger partial charge on any atom is 0.240 e. The fraction of sp³-hybridized carbons (Fsp3) is 0.250. The molecule has 0 aliphatic carbocycles. The molecule has 2 amide bonds. The first kappa shape index (κ1) is 17.2. The Morgan fingerprint density at radius 3 is 2.88 bits per heavy atom. The van der Waals surface area contributed by atoms with E-state index in [4.69, 9.17) is 27.6 Å². The number of hydrogen-bond acceptors (Lipinski definition) is 4. The number of hydrogen-bond donors (Lipinski definition) is 1. The molecular weight excluding hydrogens is 371 g/mol. The van der Waals surface area contributed by atoms with Crippen LogP contribution >= 0.6 is 35.0 Å². The number of amides is 2. The number of nitrogens with one attached hydrogen (secondary N) is 1. The third-order valence-corrected chi connectivity index (χ3v) is 5.55. The second-order valence-electron chi connectivity index (χ2n) is 5.21. The number of halogens is 2. The van der Waals surface area contributed by atoms with Crippen molar-refractivity contribution in [3.8, 4) is 0 Å². The molecule has 1 aromatic heterocycles. The third kappa shape index (κ3) is 3.88. The second kappa shape index (κ2) is 7.51. The molecule has 24 heavy (non-hydrogen) atoms. The van der Waals surface area contributed by atoms with Gasteiger partial charge < -0.3 is 14.6 Å². The Hall–Kier alpha value is -1.63. The highest BCUT2D eigenvalue weighted by atomic mass is 35.5. The molecule has 1 aromatic carbocycles. The van der Waals surface area contributed by atoms with Gasteiger partial charge >= 0.3 is 0 Å². The Labute approximate surface area is 153 Å². The topological polar surface area (TPSA) is 62.6 Å². The standard InChI is InChI=1S/C16H14Cl2N2O3S/c17-12-4-3-10(6-13(12)18)16-20(15(22)9-24-16)8-14(21)19-7-11-2-1-5-23-11/h1-6,16H,7-9H2,(H,19,21)/t16-/m1/s1. The van der Waals surface area contributed by atoms with Gasteiger partial charge in [-0.15, -0.1) is 11.8 Å². The van der Waals surface area contributed by atoms with E-state index in [9.17, 15) is 9.59 Å². The molecule has 0 saturated carbocycles. The number of furan rings is 1. The molecule has 2 aromatic rings. The van der Waals surface area contributed by atoms with E-state index >= 15 is 0 Å². The minimum Gasteiger partial charge on any atom is -0.467 e. The summed E-state index contributed by atoms with van der Waals surface area (Å²) in [6, 6.07) is 8.77. The van der Waals surface area contributed by atoms with Gasteiger partial charge in [0.1, 0.15) is 17.7 Å². The lowest BCUT2D eigenvalue weighted by Crippen LogP contribution is -2.39. The van der Waals surface area contributed by atoms with Gasteiger partial charge in [-0.05, 0) is 29.8 Å². The number of carbonyl (C=O) groups is 2. The molecule has 8 heteroatoms. The minimum absolute atomic E-state index is 0.0164. The lowest BCUT2D eigenvalue weighted by atomic mass is 10.2. The molecule has 1 aliphatic rings. The minimum atomic E-state index is -0.248.